The number of fused-ring (bicyclic) bond motifs is 1. The van der Waals surface area contributed by atoms with Crippen molar-refractivity contribution in [2.45, 2.75) is 46.5 Å². The summed E-state index contributed by atoms with van der Waals surface area (Å²) in [5.41, 5.74) is 3.11. The number of nitrogens with one attached hydrogen (secondary N) is 1. The highest BCUT2D eigenvalue weighted by atomic mass is 35.5. The number of hydrogen-bond acceptors (Lipinski definition) is 5. The Morgan fingerprint density at radius 2 is 1.93 bits per heavy atom. The molecule has 0 aliphatic carbocycles. The van der Waals surface area contributed by atoms with Gasteiger partial charge >= 0.3 is 0 Å². The molecule has 1 aromatic carbocycles. The van der Waals surface area contributed by atoms with Gasteiger partial charge in [0.15, 0.2) is 5.82 Å². The van der Waals surface area contributed by atoms with E-state index in [0.717, 1.165) is 22.0 Å². The lowest BCUT2D eigenvalue weighted by Gasteiger charge is -2.10. The summed E-state index contributed by atoms with van der Waals surface area (Å²) in [6, 6.07) is 5.82. The van der Waals surface area contributed by atoms with Crippen LogP contribution in [0.5, 0.6) is 0 Å². The van der Waals surface area contributed by atoms with Crippen LogP contribution >= 0.6 is 11.6 Å². The van der Waals surface area contributed by atoms with Gasteiger partial charge in [-0.25, -0.2) is 4.98 Å². The van der Waals surface area contributed by atoms with E-state index in [9.17, 15) is 4.79 Å². The van der Waals surface area contributed by atoms with Crippen LogP contribution in [0.15, 0.2) is 22.7 Å². The summed E-state index contributed by atoms with van der Waals surface area (Å²) in [5, 5.41) is 7.89. The number of carbonyl (C=O) groups is 1. The van der Waals surface area contributed by atoms with Gasteiger partial charge in [-0.1, -0.05) is 49.2 Å². The van der Waals surface area contributed by atoms with E-state index in [2.05, 4.69) is 20.4 Å². The van der Waals surface area contributed by atoms with Gasteiger partial charge in [0, 0.05) is 23.8 Å². The lowest BCUT2D eigenvalue weighted by Crippen LogP contribution is -2.26. The van der Waals surface area contributed by atoms with Crippen LogP contribution in [0, 0.1) is 13.8 Å². The minimum atomic E-state index is -0.270. The lowest BCUT2D eigenvalue weighted by molar-refractivity contribution is 0.0954. The number of nitrogens with zero attached hydrogens (tertiary/aromatic N) is 3. The third-order valence-corrected chi connectivity index (χ3v) is 4.48. The maximum atomic E-state index is 12.5. The number of benzene rings is 1. The van der Waals surface area contributed by atoms with Crippen molar-refractivity contribution in [2.75, 3.05) is 6.54 Å². The third kappa shape index (κ3) is 4.27. The molecule has 2 aromatic heterocycles. The number of aryl methyl sites for hydroxylation is 2. The molecule has 6 nitrogen and oxygen atoms in total. The number of aromatic nitrogens is 3. The molecule has 142 valence electrons. The molecular weight excluding hydrogens is 364 g/mol. The Bertz CT molecular complexity index is 1010. The number of carbonyl (C=O) groups excluding carboxylic acids is 1. The van der Waals surface area contributed by atoms with Gasteiger partial charge in [0.25, 0.3) is 5.91 Å². The molecule has 0 bridgehead atoms. The molecule has 3 rings (SSSR count). The second-order valence-electron chi connectivity index (χ2n) is 7.75. The van der Waals surface area contributed by atoms with E-state index in [1.54, 1.807) is 6.07 Å². The van der Waals surface area contributed by atoms with Crippen molar-refractivity contribution in [3.8, 4) is 0 Å². The summed E-state index contributed by atoms with van der Waals surface area (Å²) in [7, 11) is 0. The summed E-state index contributed by atoms with van der Waals surface area (Å²) < 4.78 is 5.26. The summed E-state index contributed by atoms with van der Waals surface area (Å²) in [6.07, 6.45) is 0.474. The minimum absolute atomic E-state index is 0.196. The first-order valence-corrected chi connectivity index (χ1v) is 9.21. The Balaban J connectivity index is 1.71. The summed E-state index contributed by atoms with van der Waals surface area (Å²) in [4.78, 5) is 21.3. The van der Waals surface area contributed by atoms with Crippen LogP contribution in [-0.4, -0.2) is 27.6 Å². The van der Waals surface area contributed by atoms with Crippen LogP contribution in [0.2, 0.25) is 5.15 Å². The molecule has 3 aromatic rings. The largest absolute Gasteiger partial charge is 0.351 e. The summed E-state index contributed by atoms with van der Waals surface area (Å²) in [5.74, 6) is 0.874. The molecule has 0 aliphatic rings. The van der Waals surface area contributed by atoms with Crippen molar-refractivity contribution in [3.05, 3.63) is 51.8 Å². The van der Waals surface area contributed by atoms with Crippen LogP contribution in [-0.2, 0) is 11.8 Å². The Morgan fingerprint density at radius 3 is 2.59 bits per heavy atom. The van der Waals surface area contributed by atoms with E-state index in [-0.39, 0.29) is 16.5 Å². The van der Waals surface area contributed by atoms with Crippen molar-refractivity contribution in [3.63, 3.8) is 0 Å². The van der Waals surface area contributed by atoms with Gasteiger partial charge in [0.1, 0.15) is 5.15 Å². The zero-order valence-corrected chi connectivity index (χ0v) is 16.9. The minimum Gasteiger partial charge on any atom is -0.351 e. The van der Waals surface area contributed by atoms with Crippen molar-refractivity contribution in [1.29, 1.82) is 0 Å². The number of amides is 1. The van der Waals surface area contributed by atoms with Crippen LogP contribution in [0.3, 0.4) is 0 Å². The fourth-order valence-electron chi connectivity index (χ4n) is 2.83. The summed E-state index contributed by atoms with van der Waals surface area (Å²) >= 11 is 6.25. The van der Waals surface area contributed by atoms with Gasteiger partial charge in [-0.05, 0) is 31.5 Å². The molecule has 0 atom stereocenters. The molecule has 0 spiro atoms. The van der Waals surface area contributed by atoms with E-state index in [1.807, 2.05) is 46.8 Å². The number of rotatable bonds is 4. The van der Waals surface area contributed by atoms with Gasteiger partial charge in [-0.2, -0.15) is 4.98 Å². The highest BCUT2D eigenvalue weighted by Crippen LogP contribution is 2.24. The average molecular weight is 387 g/mol. The standard InChI is InChI=1S/C20H23ClN4O2/c1-11-8-12(2)16-13(9-11)10-14(17(21)24-16)18(26)22-7-6-15-23-19(27-25-15)20(3,4)5/h8-10H,6-7H2,1-5H3,(H,22,26). The van der Waals surface area contributed by atoms with E-state index in [4.69, 9.17) is 16.1 Å². The Labute approximate surface area is 163 Å². The first-order chi connectivity index (χ1) is 12.6. The topological polar surface area (TPSA) is 80.9 Å². The number of halogens is 1. The van der Waals surface area contributed by atoms with Crippen LogP contribution < -0.4 is 5.32 Å². The predicted molar refractivity (Wildman–Crippen MR) is 105 cm³/mol. The van der Waals surface area contributed by atoms with Crippen molar-refractivity contribution in [1.82, 2.24) is 20.4 Å². The third-order valence-electron chi connectivity index (χ3n) is 4.19. The number of pyridine rings is 1. The zero-order valence-electron chi connectivity index (χ0n) is 16.2. The SMILES string of the molecule is Cc1cc(C)c2nc(Cl)c(C(=O)NCCc3noc(C(C)(C)C)n3)cc2c1. The summed E-state index contributed by atoms with van der Waals surface area (Å²) in [6.45, 7) is 10.4. The van der Waals surface area contributed by atoms with E-state index < -0.39 is 0 Å². The highest BCUT2D eigenvalue weighted by Gasteiger charge is 2.21. The first kappa shape index (κ1) is 19.3. The van der Waals surface area contributed by atoms with Crippen LogP contribution in [0.4, 0.5) is 0 Å². The second kappa shape index (κ2) is 7.27. The average Bonchev–Trinajstić information content (AvgIpc) is 3.04. The fourth-order valence-corrected chi connectivity index (χ4v) is 3.06. The Kier molecular flexibility index (Phi) is 5.20. The zero-order chi connectivity index (χ0) is 19.8. The van der Waals surface area contributed by atoms with E-state index >= 15 is 0 Å². The van der Waals surface area contributed by atoms with Gasteiger partial charge in [0.2, 0.25) is 5.89 Å². The molecular formula is C20H23ClN4O2. The van der Waals surface area contributed by atoms with Gasteiger partial charge < -0.3 is 9.84 Å². The molecule has 0 aliphatic heterocycles. The first-order valence-electron chi connectivity index (χ1n) is 8.84. The highest BCUT2D eigenvalue weighted by molar-refractivity contribution is 6.33. The van der Waals surface area contributed by atoms with Gasteiger partial charge in [0.05, 0.1) is 11.1 Å². The Hall–Kier alpha value is -2.47. The molecule has 0 saturated heterocycles. The molecule has 0 radical (unpaired) electrons. The van der Waals surface area contributed by atoms with E-state index in [1.165, 1.54) is 0 Å². The molecule has 2 heterocycles. The maximum Gasteiger partial charge on any atom is 0.254 e. The lowest BCUT2D eigenvalue weighted by atomic mass is 9.97. The van der Waals surface area contributed by atoms with Crippen molar-refractivity contribution >= 4 is 28.4 Å². The van der Waals surface area contributed by atoms with Crippen LogP contribution in [0.1, 0.15) is 54.0 Å². The molecule has 27 heavy (non-hydrogen) atoms. The second-order valence-corrected chi connectivity index (χ2v) is 8.11. The monoisotopic (exact) mass is 386 g/mol. The van der Waals surface area contributed by atoms with Crippen molar-refractivity contribution in [2.24, 2.45) is 0 Å². The maximum absolute atomic E-state index is 12.5. The molecule has 0 fully saturated rings. The fraction of sp³-hybridized carbons (Fsp3) is 0.400. The predicted octanol–water partition coefficient (Wildman–Crippen LogP) is 4.16. The molecule has 0 unspecified atom stereocenters. The smallest absolute Gasteiger partial charge is 0.254 e. The molecule has 1 amide bonds. The molecule has 1 N–H and O–H groups in total. The number of hydrogen-bond donors (Lipinski definition) is 1. The molecule has 7 heteroatoms. The molecule has 0 saturated carbocycles. The van der Waals surface area contributed by atoms with E-state index in [0.29, 0.717) is 30.2 Å². The Morgan fingerprint density at radius 1 is 1.19 bits per heavy atom. The normalized spacial score (nSPS) is 11.8. The van der Waals surface area contributed by atoms with Crippen molar-refractivity contribution < 1.29 is 9.32 Å². The van der Waals surface area contributed by atoms with Crippen LogP contribution in [0.25, 0.3) is 10.9 Å². The quantitative estimate of drug-likeness (QED) is 0.681. The van der Waals surface area contributed by atoms with Gasteiger partial charge in [-0.15, -0.1) is 0 Å². The van der Waals surface area contributed by atoms with Gasteiger partial charge in [-0.3, -0.25) is 4.79 Å².